The van der Waals surface area contributed by atoms with Crippen LogP contribution >= 0.6 is 0 Å². The van der Waals surface area contributed by atoms with Crippen molar-refractivity contribution in [2.45, 2.75) is 18.6 Å². The van der Waals surface area contributed by atoms with E-state index >= 15 is 0 Å². The molecule has 27 heavy (non-hydrogen) atoms. The first-order valence-corrected chi connectivity index (χ1v) is 8.40. The van der Waals surface area contributed by atoms with E-state index in [1.807, 2.05) is 0 Å². The molecule has 0 saturated heterocycles. The summed E-state index contributed by atoms with van der Waals surface area (Å²) < 4.78 is 21.1. The number of Topliss-reactive ketones (excluding diaryl/α,β-unsaturated/α-hetero) is 1. The normalized spacial score (nSPS) is 21.0. The number of benzene rings is 2. The van der Waals surface area contributed by atoms with Crippen LogP contribution < -0.4 is 14.2 Å². The summed E-state index contributed by atoms with van der Waals surface area (Å²) in [5.41, 5.74) is 0.544. The number of esters is 1. The van der Waals surface area contributed by atoms with Crippen molar-refractivity contribution in [1.82, 2.24) is 0 Å². The average Bonchev–Trinajstić information content (AvgIpc) is 2.67. The zero-order valence-electron chi connectivity index (χ0n) is 15.2. The molecule has 0 aromatic heterocycles. The maximum atomic E-state index is 13.4. The summed E-state index contributed by atoms with van der Waals surface area (Å²) in [5, 5.41) is 11.1. The predicted molar refractivity (Wildman–Crippen MR) is 97.4 cm³/mol. The number of ketones is 1. The van der Waals surface area contributed by atoms with Crippen LogP contribution in [-0.2, 0) is 9.53 Å². The molecule has 1 aliphatic rings. The maximum absolute atomic E-state index is 13.4. The number of rotatable bonds is 5. The van der Waals surface area contributed by atoms with E-state index in [1.54, 1.807) is 37.3 Å². The first kappa shape index (κ1) is 18.7. The van der Waals surface area contributed by atoms with E-state index in [-0.39, 0.29) is 25.1 Å². The second-order valence-corrected chi connectivity index (χ2v) is 5.93. The molecule has 0 fully saturated rings. The summed E-state index contributed by atoms with van der Waals surface area (Å²) in [4.78, 5) is 25.9. The van der Waals surface area contributed by atoms with Gasteiger partial charge in [-0.3, -0.25) is 4.79 Å². The topological polar surface area (TPSA) is 91.3 Å². The summed E-state index contributed by atoms with van der Waals surface area (Å²) in [7, 11) is 2.85. The number of hydrogen-bond donors (Lipinski definition) is 1. The van der Waals surface area contributed by atoms with Crippen LogP contribution in [0.2, 0.25) is 0 Å². The molecule has 3 rings (SSSR count). The number of carbonyl (C=O) groups is 2. The van der Waals surface area contributed by atoms with Crippen LogP contribution in [-0.4, -0.2) is 43.5 Å². The van der Waals surface area contributed by atoms with Crippen molar-refractivity contribution in [1.29, 1.82) is 0 Å². The highest BCUT2D eigenvalue weighted by Gasteiger charge is 2.57. The molecule has 144 valence electrons. The highest BCUT2D eigenvalue weighted by molar-refractivity contribution is 6.10. The first-order chi connectivity index (χ1) is 13.0. The van der Waals surface area contributed by atoms with Gasteiger partial charge in [0.05, 0.1) is 20.8 Å². The van der Waals surface area contributed by atoms with Gasteiger partial charge in [0.1, 0.15) is 28.7 Å². The zero-order valence-corrected chi connectivity index (χ0v) is 15.2. The Morgan fingerprint density at radius 3 is 2.52 bits per heavy atom. The van der Waals surface area contributed by atoms with E-state index in [0.717, 1.165) is 0 Å². The van der Waals surface area contributed by atoms with E-state index in [4.69, 9.17) is 18.9 Å². The Bertz CT molecular complexity index is 868. The molecule has 7 nitrogen and oxygen atoms in total. The molecule has 0 radical (unpaired) electrons. The van der Waals surface area contributed by atoms with Crippen LogP contribution in [0, 0.1) is 0 Å². The number of fused-ring (bicyclic) bond motifs is 1. The molecular weight excluding hydrogens is 352 g/mol. The SMILES string of the molecule is CCOC(=O)C1(O)Oc2cc(OC)cc(OC)c2C(=O)C1c1ccccc1.[HH]. The summed E-state index contributed by atoms with van der Waals surface area (Å²) in [6.07, 6.45) is 0. The highest BCUT2D eigenvalue weighted by Crippen LogP contribution is 2.47. The fourth-order valence-electron chi connectivity index (χ4n) is 3.13. The van der Waals surface area contributed by atoms with E-state index in [9.17, 15) is 14.7 Å². The number of carbonyl (C=O) groups excluding carboxylic acids is 2. The quantitative estimate of drug-likeness (QED) is 0.804. The first-order valence-electron chi connectivity index (χ1n) is 8.40. The van der Waals surface area contributed by atoms with Gasteiger partial charge in [0.2, 0.25) is 0 Å². The summed E-state index contributed by atoms with van der Waals surface area (Å²) in [6, 6.07) is 11.4. The standard InChI is InChI=1S/C20H20O7.H2/c1-4-26-19(22)20(23)17(12-8-6-5-7-9-12)18(21)16-14(25-3)10-13(24-2)11-15(16)27-20;/h5-11,17,23H,4H2,1-3H3;1H. The molecule has 7 heteroatoms. The lowest BCUT2D eigenvalue weighted by Crippen LogP contribution is -2.55. The molecule has 0 bridgehead atoms. The molecule has 0 saturated carbocycles. The molecule has 2 unspecified atom stereocenters. The largest absolute Gasteiger partial charge is 0.496 e. The van der Waals surface area contributed by atoms with Crippen molar-refractivity contribution >= 4 is 11.8 Å². The van der Waals surface area contributed by atoms with Gasteiger partial charge in [-0.1, -0.05) is 30.3 Å². The number of methoxy groups -OCH3 is 2. The maximum Gasteiger partial charge on any atom is 0.380 e. The second-order valence-electron chi connectivity index (χ2n) is 5.93. The Morgan fingerprint density at radius 1 is 1.22 bits per heavy atom. The van der Waals surface area contributed by atoms with Crippen molar-refractivity contribution in [2.24, 2.45) is 0 Å². The minimum Gasteiger partial charge on any atom is -0.496 e. The minimum absolute atomic E-state index is 0. The summed E-state index contributed by atoms with van der Waals surface area (Å²) in [6.45, 7) is 1.62. The van der Waals surface area contributed by atoms with Gasteiger partial charge in [-0.2, -0.15) is 0 Å². The highest BCUT2D eigenvalue weighted by atomic mass is 16.7. The lowest BCUT2D eigenvalue weighted by Gasteiger charge is -2.38. The van der Waals surface area contributed by atoms with Gasteiger partial charge in [-0.25, -0.2) is 4.79 Å². The average molecular weight is 374 g/mol. The van der Waals surface area contributed by atoms with E-state index in [2.05, 4.69) is 0 Å². The van der Waals surface area contributed by atoms with E-state index in [1.165, 1.54) is 26.4 Å². The number of ether oxygens (including phenoxy) is 4. The number of hydrogen-bond acceptors (Lipinski definition) is 7. The molecule has 0 amide bonds. The third kappa shape index (κ3) is 3.10. The monoisotopic (exact) mass is 374 g/mol. The van der Waals surface area contributed by atoms with Crippen molar-refractivity contribution in [3.63, 3.8) is 0 Å². The predicted octanol–water partition coefficient (Wildman–Crippen LogP) is 2.56. The molecule has 0 aliphatic carbocycles. The lowest BCUT2D eigenvalue weighted by atomic mass is 9.81. The molecule has 2 atom stereocenters. The number of aliphatic hydroxyl groups is 1. The Morgan fingerprint density at radius 2 is 1.93 bits per heavy atom. The minimum atomic E-state index is -2.52. The fraction of sp³-hybridized carbons (Fsp3) is 0.300. The molecule has 2 aromatic rings. The van der Waals surface area contributed by atoms with Crippen LogP contribution in [0.15, 0.2) is 42.5 Å². The van der Waals surface area contributed by atoms with Crippen LogP contribution in [0.25, 0.3) is 0 Å². The van der Waals surface area contributed by atoms with Crippen LogP contribution in [0.1, 0.15) is 30.2 Å². The Hall–Kier alpha value is -3.06. The van der Waals surface area contributed by atoms with Gasteiger partial charge in [0.25, 0.3) is 0 Å². The van der Waals surface area contributed by atoms with Crippen molar-refractivity contribution in [2.75, 3.05) is 20.8 Å². The van der Waals surface area contributed by atoms with Crippen LogP contribution in [0.3, 0.4) is 0 Å². The zero-order chi connectivity index (χ0) is 19.6. The lowest BCUT2D eigenvalue weighted by molar-refractivity contribution is -0.205. The smallest absolute Gasteiger partial charge is 0.380 e. The summed E-state index contributed by atoms with van der Waals surface area (Å²) in [5.74, 6) is -4.83. The second kappa shape index (κ2) is 7.28. The van der Waals surface area contributed by atoms with Crippen LogP contribution in [0.4, 0.5) is 0 Å². The molecule has 2 aromatic carbocycles. The van der Waals surface area contributed by atoms with Gasteiger partial charge < -0.3 is 24.1 Å². The van der Waals surface area contributed by atoms with Gasteiger partial charge >= 0.3 is 11.8 Å². The van der Waals surface area contributed by atoms with Crippen molar-refractivity contribution in [3.05, 3.63) is 53.6 Å². The van der Waals surface area contributed by atoms with Gasteiger partial charge in [-0.05, 0) is 12.5 Å². The Kier molecular flexibility index (Phi) is 5.05. The molecule has 1 heterocycles. The third-order valence-corrected chi connectivity index (χ3v) is 4.36. The van der Waals surface area contributed by atoms with Crippen molar-refractivity contribution in [3.8, 4) is 17.2 Å². The molecule has 1 aliphatic heterocycles. The Labute approximate surface area is 157 Å². The third-order valence-electron chi connectivity index (χ3n) is 4.36. The summed E-state index contributed by atoms with van der Waals surface area (Å²) >= 11 is 0. The van der Waals surface area contributed by atoms with Crippen molar-refractivity contribution < 1.29 is 35.1 Å². The molecule has 0 spiro atoms. The molecule has 1 N–H and O–H groups in total. The van der Waals surface area contributed by atoms with Gasteiger partial charge in [0, 0.05) is 13.6 Å². The van der Waals surface area contributed by atoms with E-state index in [0.29, 0.717) is 11.3 Å². The molecular formula is C20H22O7. The van der Waals surface area contributed by atoms with Gasteiger partial charge in [0.15, 0.2) is 5.78 Å². The van der Waals surface area contributed by atoms with E-state index < -0.39 is 23.5 Å². The van der Waals surface area contributed by atoms with Gasteiger partial charge in [-0.15, -0.1) is 0 Å². The fourth-order valence-corrected chi connectivity index (χ4v) is 3.13. The van der Waals surface area contributed by atoms with Crippen LogP contribution in [0.5, 0.6) is 17.2 Å². The Balaban J connectivity index is 0.00000280.